The van der Waals surface area contributed by atoms with Gasteiger partial charge in [0.25, 0.3) is 0 Å². The van der Waals surface area contributed by atoms with Gasteiger partial charge in [0, 0.05) is 32.7 Å². The van der Waals surface area contributed by atoms with E-state index in [1.165, 1.54) is 6.42 Å². The number of hydrogen-bond acceptors (Lipinski definition) is 6. The van der Waals surface area contributed by atoms with Crippen molar-refractivity contribution in [2.45, 2.75) is 40.2 Å². The van der Waals surface area contributed by atoms with Gasteiger partial charge in [-0.15, -0.1) is 0 Å². The highest BCUT2D eigenvalue weighted by Gasteiger charge is 2.29. The van der Waals surface area contributed by atoms with Crippen molar-refractivity contribution < 1.29 is 0 Å². The van der Waals surface area contributed by atoms with Gasteiger partial charge in [-0.3, -0.25) is 0 Å². The SMILES string of the molecule is CCN(CC)c1nc(NC)nc(N2CC(C)CC2C)n1. The molecule has 2 rings (SSSR count). The molecule has 112 valence electrons. The van der Waals surface area contributed by atoms with Crippen molar-refractivity contribution in [1.82, 2.24) is 15.0 Å². The quantitative estimate of drug-likeness (QED) is 0.889. The average molecular weight is 278 g/mol. The highest BCUT2D eigenvalue weighted by Crippen LogP contribution is 2.27. The molecule has 0 radical (unpaired) electrons. The zero-order valence-electron chi connectivity index (χ0n) is 13.2. The summed E-state index contributed by atoms with van der Waals surface area (Å²) in [6.07, 6.45) is 1.20. The standard InChI is InChI=1S/C14H26N6/c1-6-19(7-2)13-16-12(15-5)17-14(18-13)20-9-10(3)8-11(20)4/h10-11H,6-9H2,1-5H3,(H,15,16,17,18). The molecule has 1 aromatic rings. The molecular formula is C14H26N6. The Hall–Kier alpha value is -1.59. The highest BCUT2D eigenvalue weighted by molar-refractivity contribution is 5.46. The predicted molar refractivity (Wildman–Crippen MR) is 83.5 cm³/mol. The van der Waals surface area contributed by atoms with Crippen LogP contribution in [0.3, 0.4) is 0 Å². The van der Waals surface area contributed by atoms with Crippen LogP contribution in [0.4, 0.5) is 17.8 Å². The monoisotopic (exact) mass is 278 g/mol. The molecule has 2 unspecified atom stereocenters. The molecule has 0 aromatic carbocycles. The van der Waals surface area contributed by atoms with E-state index >= 15 is 0 Å². The number of hydrogen-bond donors (Lipinski definition) is 1. The van der Waals surface area contributed by atoms with Crippen LogP contribution in [0.5, 0.6) is 0 Å². The van der Waals surface area contributed by atoms with E-state index in [1.807, 2.05) is 7.05 Å². The third-order valence-electron chi connectivity index (χ3n) is 3.92. The third kappa shape index (κ3) is 2.94. The van der Waals surface area contributed by atoms with Gasteiger partial charge in [-0.25, -0.2) is 0 Å². The molecule has 1 saturated heterocycles. The maximum Gasteiger partial charge on any atom is 0.232 e. The molecule has 1 fully saturated rings. The average Bonchev–Trinajstić information content (AvgIpc) is 2.79. The normalized spacial score (nSPS) is 22.1. The van der Waals surface area contributed by atoms with E-state index in [0.717, 1.165) is 31.5 Å². The summed E-state index contributed by atoms with van der Waals surface area (Å²) >= 11 is 0. The fraction of sp³-hybridized carbons (Fsp3) is 0.786. The molecule has 0 bridgehead atoms. The van der Waals surface area contributed by atoms with Crippen molar-refractivity contribution in [3.05, 3.63) is 0 Å². The molecule has 2 heterocycles. The molecule has 6 heteroatoms. The summed E-state index contributed by atoms with van der Waals surface area (Å²) in [6, 6.07) is 0.488. The van der Waals surface area contributed by atoms with Gasteiger partial charge in [-0.05, 0) is 33.1 Å². The minimum atomic E-state index is 0.488. The predicted octanol–water partition coefficient (Wildman–Crippen LogP) is 1.99. The largest absolute Gasteiger partial charge is 0.357 e. The Morgan fingerprint density at radius 2 is 1.90 bits per heavy atom. The summed E-state index contributed by atoms with van der Waals surface area (Å²) in [6.45, 7) is 11.6. The Morgan fingerprint density at radius 3 is 2.40 bits per heavy atom. The minimum absolute atomic E-state index is 0.488. The minimum Gasteiger partial charge on any atom is -0.357 e. The van der Waals surface area contributed by atoms with Crippen molar-refractivity contribution >= 4 is 17.8 Å². The van der Waals surface area contributed by atoms with E-state index in [0.29, 0.717) is 17.9 Å². The van der Waals surface area contributed by atoms with Crippen molar-refractivity contribution in [2.24, 2.45) is 5.92 Å². The Bertz CT molecular complexity index is 445. The molecule has 6 nitrogen and oxygen atoms in total. The van der Waals surface area contributed by atoms with Gasteiger partial charge in [0.15, 0.2) is 0 Å². The van der Waals surface area contributed by atoms with Gasteiger partial charge in [-0.1, -0.05) is 6.92 Å². The van der Waals surface area contributed by atoms with Crippen LogP contribution in [-0.4, -0.2) is 47.7 Å². The smallest absolute Gasteiger partial charge is 0.232 e. The number of anilines is 3. The van der Waals surface area contributed by atoms with Gasteiger partial charge < -0.3 is 15.1 Å². The van der Waals surface area contributed by atoms with Crippen LogP contribution in [0.2, 0.25) is 0 Å². The Kier molecular flexibility index (Phi) is 4.62. The molecule has 0 aliphatic carbocycles. The fourth-order valence-electron chi connectivity index (χ4n) is 2.82. The van der Waals surface area contributed by atoms with Crippen molar-refractivity contribution in [2.75, 3.05) is 41.8 Å². The molecule has 0 amide bonds. The molecule has 2 atom stereocenters. The van der Waals surface area contributed by atoms with Gasteiger partial charge in [0.1, 0.15) is 0 Å². The van der Waals surface area contributed by atoms with Crippen LogP contribution < -0.4 is 15.1 Å². The van der Waals surface area contributed by atoms with E-state index in [9.17, 15) is 0 Å². The Labute approximate surface area is 121 Å². The molecule has 1 aliphatic heterocycles. The van der Waals surface area contributed by atoms with Crippen LogP contribution in [0.25, 0.3) is 0 Å². The van der Waals surface area contributed by atoms with Gasteiger partial charge >= 0.3 is 0 Å². The van der Waals surface area contributed by atoms with Crippen LogP contribution >= 0.6 is 0 Å². The van der Waals surface area contributed by atoms with Crippen LogP contribution in [-0.2, 0) is 0 Å². The molecule has 1 aliphatic rings. The van der Waals surface area contributed by atoms with E-state index in [2.05, 4.69) is 57.8 Å². The van der Waals surface area contributed by atoms with Crippen LogP contribution in [0, 0.1) is 5.92 Å². The lowest BCUT2D eigenvalue weighted by molar-refractivity contribution is 0.624. The Morgan fingerprint density at radius 1 is 1.20 bits per heavy atom. The van der Waals surface area contributed by atoms with E-state index < -0.39 is 0 Å². The van der Waals surface area contributed by atoms with Gasteiger partial charge in [-0.2, -0.15) is 15.0 Å². The molecule has 1 N–H and O–H groups in total. The topological polar surface area (TPSA) is 57.2 Å². The number of nitrogens with one attached hydrogen (secondary N) is 1. The first kappa shape index (κ1) is 14.8. The van der Waals surface area contributed by atoms with E-state index in [1.54, 1.807) is 0 Å². The first-order valence-electron chi connectivity index (χ1n) is 7.54. The lowest BCUT2D eigenvalue weighted by atomic mass is 10.1. The van der Waals surface area contributed by atoms with Crippen LogP contribution in [0.1, 0.15) is 34.1 Å². The van der Waals surface area contributed by atoms with Gasteiger partial charge in [0.05, 0.1) is 0 Å². The maximum absolute atomic E-state index is 4.68. The van der Waals surface area contributed by atoms with E-state index in [-0.39, 0.29) is 0 Å². The summed E-state index contributed by atoms with van der Waals surface area (Å²) in [5.74, 6) is 2.89. The Balaban J connectivity index is 2.35. The van der Waals surface area contributed by atoms with Crippen molar-refractivity contribution in [1.29, 1.82) is 0 Å². The van der Waals surface area contributed by atoms with E-state index in [4.69, 9.17) is 0 Å². The first-order valence-corrected chi connectivity index (χ1v) is 7.54. The number of aromatic nitrogens is 3. The lowest BCUT2D eigenvalue weighted by Crippen LogP contribution is -2.31. The number of nitrogens with zero attached hydrogens (tertiary/aromatic N) is 5. The number of rotatable bonds is 5. The second-order valence-corrected chi connectivity index (χ2v) is 5.52. The second-order valence-electron chi connectivity index (χ2n) is 5.52. The lowest BCUT2D eigenvalue weighted by Gasteiger charge is -2.24. The summed E-state index contributed by atoms with van der Waals surface area (Å²) in [5, 5.41) is 3.04. The summed E-state index contributed by atoms with van der Waals surface area (Å²) in [4.78, 5) is 18.1. The summed E-state index contributed by atoms with van der Waals surface area (Å²) < 4.78 is 0. The third-order valence-corrected chi connectivity index (χ3v) is 3.92. The van der Waals surface area contributed by atoms with Crippen molar-refractivity contribution in [3.8, 4) is 0 Å². The molecule has 0 saturated carbocycles. The summed E-state index contributed by atoms with van der Waals surface area (Å²) in [5.41, 5.74) is 0. The second kappa shape index (κ2) is 6.24. The molecule has 0 spiro atoms. The molecule has 20 heavy (non-hydrogen) atoms. The van der Waals surface area contributed by atoms with Crippen molar-refractivity contribution in [3.63, 3.8) is 0 Å². The zero-order chi connectivity index (χ0) is 14.7. The highest BCUT2D eigenvalue weighted by atomic mass is 15.4. The maximum atomic E-state index is 4.68. The first-order chi connectivity index (χ1) is 9.58. The van der Waals surface area contributed by atoms with Crippen LogP contribution in [0.15, 0.2) is 0 Å². The zero-order valence-corrected chi connectivity index (χ0v) is 13.2. The van der Waals surface area contributed by atoms with Gasteiger partial charge in [0.2, 0.25) is 17.8 Å². The fourth-order valence-corrected chi connectivity index (χ4v) is 2.82. The molecule has 1 aromatic heterocycles. The summed E-state index contributed by atoms with van der Waals surface area (Å²) in [7, 11) is 1.85. The molecular weight excluding hydrogens is 252 g/mol.